The molecule has 0 fully saturated rings. The van der Waals surface area contributed by atoms with Gasteiger partial charge in [0.2, 0.25) is 0 Å². The Kier molecular flexibility index (Phi) is 5.38. The second-order valence-electron chi connectivity index (χ2n) is 4.06. The fourth-order valence-electron chi connectivity index (χ4n) is 1.64. The van der Waals surface area contributed by atoms with Crippen LogP contribution >= 0.6 is 0 Å². The standard InChI is InChI=1S/C13H20FNO2/c1-4-17-8-7-15(3)10(2)12-6-5-11(16)9-13(12)14/h5-6,9-10,16H,4,7-8H2,1-3H3. The maximum Gasteiger partial charge on any atom is 0.131 e. The number of hydrogen-bond acceptors (Lipinski definition) is 3. The first kappa shape index (κ1) is 13.9. The highest BCUT2D eigenvalue weighted by Gasteiger charge is 2.15. The minimum atomic E-state index is -0.374. The van der Waals surface area contributed by atoms with Gasteiger partial charge in [-0.3, -0.25) is 4.90 Å². The lowest BCUT2D eigenvalue weighted by atomic mass is 10.1. The van der Waals surface area contributed by atoms with Crippen molar-refractivity contribution in [1.29, 1.82) is 0 Å². The van der Waals surface area contributed by atoms with Crippen LogP contribution in [0.3, 0.4) is 0 Å². The molecular weight excluding hydrogens is 221 g/mol. The molecule has 1 N–H and O–H groups in total. The first-order valence-corrected chi connectivity index (χ1v) is 5.82. The van der Waals surface area contributed by atoms with Gasteiger partial charge < -0.3 is 9.84 Å². The number of likely N-dealkylation sites (N-methyl/N-ethyl adjacent to an activating group) is 1. The van der Waals surface area contributed by atoms with Crippen molar-refractivity contribution in [3.63, 3.8) is 0 Å². The summed E-state index contributed by atoms with van der Waals surface area (Å²) < 4.78 is 18.9. The van der Waals surface area contributed by atoms with Gasteiger partial charge in [0.05, 0.1) is 6.61 Å². The highest BCUT2D eigenvalue weighted by molar-refractivity contribution is 5.29. The van der Waals surface area contributed by atoms with E-state index in [-0.39, 0.29) is 17.6 Å². The monoisotopic (exact) mass is 241 g/mol. The van der Waals surface area contributed by atoms with Crippen molar-refractivity contribution in [2.24, 2.45) is 0 Å². The van der Waals surface area contributed by atoms with E-state index in [2.05, 4.69) is 0 Å². The molecule has 1 rings (SSSR count). The van der Waals surface area contributed by atoms with E-state index in [9.17, 15) is 4.39 Å². The van der Waals surface area contributed by atoms with Gasteiger partial charge in [0.15, 0.2) is 0 Å². The van der Waals surface area contributed by atoms with Crippen molar-refractivity contribution in [3.05, 3.63) is 29.6 Å². The Morgan fingerprint density at radius 1 is 1.47 bits per heavy atom. The Hall–Kier alpha value is -1.13. The van der Waals surface area contributed by atoms with Crippen LogP contribution in [0.4, 0.5) is 4.39 Å². The van der Waals surface area contributed by atoms with E-state index < -0.39 is 0 Å². The van der Waals surface area contributed by atoms with Gasteiger partial charge in [0.25, 0.3) is 0 Å². The predicted octanol–water partition coefficient (Wildman–Crippen LogP) is 2.56. The van der Waals surface area contributed by atoms with E-state index in [0.717, 1.165) is 12.6 Å². The predicted molar refractivity (Wildman–Crippen MR) is 65.6 cm³/mol. The van der Waals surface area contributed by atoms with Gasteiger partial charge >= 0.3 is 0 Å². The summed E-state index contributed by atoms with van der Waals surface area (Å²) in [6.45, 7) is 5.95. The summed E-state index contributed by atoms with van der Waals surface area (Å²) in [6, 6.07) is 4.22. The van der Waals surface area contributed by atoms with E-state index in [0.29, 0.717) is 18.8 Å². The van der Waals surface area contributed by atoms with E-state index in [4.69, 9.17) is 9.84 Å². The lowest BCUT2D eigenvalue weighted by Crippen LogP contribution is -2.27. The molecule has 1 unspecified atom stereocenters. The van der Waals surface area contributed by atoms with Gasteiger partial charge in [-0.2, -0.15) is 0 Å². The van der Waals surface area contributed by atoms with E-state index in [1.165, 1.54) is 6.07 Å². The average molecular weight is 241 g/mol. The van der Waals surface area contributed by atoms with Gasteiger partial charge in [-0.25, -0.2) is 4.39 Å². The van der Waals surface area contributed by atoms with Crippen molar-refractivity contribution >= 4 is 0 Å². The third-order valence-electron chi connectivity index (χ3n) is 2.89. The molecule has 0 aliphatic rings. The summed E-state index contributed by atoms with van der Waals surface area (Å²) in [5.74, 6) is -0.420. The first-order valence-electron chi connectivity index (χ1n) is 5.82. The quantitative estimate of drug-likeness (QED) is 0.777. The van der Waals surface area contributed by atoms with Gasteiger partial charge in [-0.05, 0) is 27.0 Å². The third kappa shape index (κ3) is 3.98. The van der Waals surface area contributed by atoms with Crippen LogP contribution in [0.1, 0.15) is 25.5 Å². The van der Waals surface area contributed by atoms with Crippen molar-refractivity contribution in [3.8, 4) is 5.75 Å². The van der Waals surface area contributed by atoms with Gasteiger partial charge in [-0.15, -0.1) is 0 Å². The molecule has 0 heterocycles. The molecule has 17 heavy (non-hydrogen) atoms. The molecule has 4 heteroatoms. The Morgan fingerprint density at radius 3 is 2.76 bits per heavy atom. The maximum atomic E-state index is 13.6. The second-order valence-corrected chi connectivity index (χ2v) is 4.06. The topological polar surface area (TPSA) is 32.7 Å². The Labute approximate surface area is 102 Å². The number of nitrogens with zero attached hydrogens (tertiary/aromatic N) is 1. The second kappa shape index (κ2) is 6.57. The lowest BCUT2D eigenvalue weighted by molar-refractivity contribution is 0.109. The summed E-state index contributed by atoms with van der Waals surface area (Å²) in [4.78, 5) is 2.02. The summed E-state index contributed by atoms with van der Waals surface area (Å²) in [5, 5.41) is 9.16. The van der Waals surface area contributed by atoms with E-state index >= 15 is 0 Å². The Morgan fingerprint density at radius 2 is 2.18 bits per heavy atom. The van der Waals surface area contributed by atoms with Gasteiger partial charge in [0, 0.05) is 30.8 Å². The molecule has 3 nitrogen and oxygen atoms in total. The molecule has 0 bridgehead atoms. The number of phenolic OH excluding ortho intramolecular Hbond substituents is 1. The Bertz CT molecular complexity index is 357. The fourth-order valence-corrected chi connectivity index (χ4v) is 1.64. The molecular formula is C13H20FNO2. The van der Waals surface area contributed by atoms with Crippen LogP contribution in [0.5, 0.6) is 5.75 Å². The van der Waals surface area contributed by atoms with Gasteiger partial charge in [0.1, 0.15) is 11.6 Å². The zero-order chi connectivity index (χ0) is 12.8. The van der Waals surface area contributed by atoms with Crippen LogP contribution in [-0.2, 0) is 4.74 Å². The Balaban J connectivity index is 2.64. The minimum Gasteiger partial charge on any atom is -0.508 e. The lowest BCUT2D eigenvalue weighted by Gasteiger charge is -2.25. The van der Waals surface area contributed by atoms with Crippen molar-refractivity contribution in [1.82, 2.24) is 4.90 Å². The molecule has 0 spiro atoms. The van der Waals surface area contributed by atoms with Crippen LogP contribution in [0, 0.1) is 5.82 Å². The largest absolute Gasteiger partial charge is 0.508 e. The molecule has 0 aliphatic heterocycles. The summed E-state index contributed by atoms with van der Waals surface area (Å²) in [5.41, 5.74) is 0.585. The molecule has 0 aliphatic carbocycles. The molecule has 0 saturated carbocycles. The average Bonchev–Trinajstić information content (AvgIpc) is 2.28. The SMILES string of the molecule is CCOCCN(C)C(C)c1ccc(O)cc1F. The number of halogens is 1. The molecule has 0 amide bonds. The van der Waals surface area contributed by atoms with Gasteiger partial charge in [-0.1, -0.05) is 6.07 Å². The number of hydrogen-bond donors (Lipinski definition) is 1. The minimum absolute atomic E-state index is 0.0453. The van der Waals surface area contributed by atoms with Crippen LogP contribution < -0.4 is 0 Å². The zero-order valence-corrected chi connectivity index (χ0v) is 10.6. The molecule has 1 aromatic rings. The van der Waals surface area contributed by atoms with E-state index in [1.54, 1.807) is 6.07 Å². The van der Waals surface area contributed by atoms with Crippen molar-refractivity contribution in [2.75, 3.05) is 26.8 Å². The van der Waals surface area contributed by atoms with Crippen LogP contribution in [-0.4, -0.2) is 36.8 Å². The first-order chi connectivity index (χ1) is 8.06. The molecule has 1 atom stereocenters. The number of phenols is 1. The van der Waals surface area contributed by atoms with Crippen molar-refractivity contribution < 1.29 is 14.2 Å². The molecule has 0 radical (unpaired) electrons. The fraction of sp³-hybridized carbons (Fsp3) is 0.538. The van der Waals surface area contributed by atoms with Crippen molar-refractivity contribution in [2.45, 2.75) is 19.9 Å². The van der Waals surface area contributed by atoms with Crippen LogP contribution in [0.25, 0.3) is 0 Å². The molecule has 0 saturated heterocycles. The summed E-state index contributed by atoms with van der Waals surface area (Å²) in [7, 11) is 1.93. The summed E-state index contributed by atoms with van der Waals surface area (Å²) >= 11 is 0. The van der Waals surface area contributed by atoms with Crippen LogP contribution in [0.2, 0.25) is 0 Å². The number of ether oxygens (including phenoxy) is 1. The van der Waals surface area contributed by atoms with E-state index in [1.807, 2.05) is 25.8 Å². The smallest absolute Gasteiger partial charge is 0.131 e. The summed E-state index contributed by atoms with van der Waals surface area (Å²) in [6.07, 6.45) is 0. The molecule has 96 valence electrons. The highest BCUT2D eigenvalue weighted by Crippen LogP contribution is 2.24. The zero-order valence-electron chi connectivity index (χ0n) is 10.6. The number of rotatable bonds is 6. The number of aromatic hydroxyl groups is 1. The highest BCUT2D eigenvalue weighted by atomic mass is 19.1. The molecule has 0 aromatic heterocycles. The number of benzene rings is 1. The normalized spacial score (nSPS) is 13.0. The molecule has 1 aromatic carbocycles. The third-order valence-corrected chi connectivity index (χ3v) is 2.89. The van der Waals surface area contributed by atoms with Crippen LogP contribution in [0.15, 0.2) is 18.2 Å². The maximum absolute atomic E-state index is 13.6.